The van der Waals surface area contributed by atoms with E-state index in [2.05, 4.69) is 4.72 Å². The first-order valence-electron chi connectivity index (χ1n) is 6.58. The number of hydrogen-bond donors (Lipinski definition) is 2. The Kier molecular flexibility index (Phi) is 4.48. The molecule has 1 heterocycles. The van der Waals surface area contributed by atoms with Crippen LogP contribution in [0, 0.1) is 5.82 Å². The van der Waals surface area contributed by atoms with Crippen molar-refractivity contribution in [1.82, 2.24) is 9.62 Å². The highest BCUT2D eigenvalue weighted by Crippen LogP contribution is 2.17. The van der Waals surface area contributed by atoms with Crippen LogP contribution in [0.3, 0.4) is 0 Å². The van der Waals surface area contributed by atoms with Crippen LogP contribution in [0.2, 0.25) is 0 Å². The van der Waals surface area contributed by atoms with Gasteiger partial charge in [0.05, 0.1) is 11.9 Å². The minimum atomic E-state index is -3.31. The molecule has 116 valence electrons. The number of sulfonamides is 1. The van der Waals surface area contributed by atoms with E-state index in [9.17, 15) is 17.6 Å². The minimum absolute atomic E-state index is 0.0799. The van der Waals surface area contributed by atoms with Crippen LogP contribution < -0.4 is 10.5 Å². The molecule has 6 nitrogen and oxygen atoms in total. The Morgan fingerprint density at radius 1 is 1.48 bits per heavy atom. The molecule has 1 unspecified atom stereocenters. The zero-order valence-corrected chi connectivity index (χ0v) is 12.5. The van der Waals surface area contributed by atoms with Gasteiger partial charge in [0.15, 0.2) is 0 Å². The van der Waals surface area contributed by atoms with E-state index >= 15 is 0 Å². The van der Waals surface area contributed by atoms with Gasteiger partial charge in [0.2, 0.25) is 10.0 Å². The Hall–Kier alpha value is -1.67. The minimum Gasteiger partial charge on any atom is -0.396 e. The van der Waals surface area contributed by atoms with Crippen molar-refractivity contribution < 1.29 is 17.6 Å². The van der Waals surface area contributed by atoms with Gasteiger partial charge in [0, 0.05) is 24.7 Å². The van der Waals surface area contributed by atoms with Crippen LogP contribution in [-0.4, -0.2) is 44.6 Å². The first kappa shape index (κ1) is 15.7. The Bertz CT molecular complexity index is 648. The van der Waals surface area contributed by atoms with Gasteiger partial charge in [0.1, 0.15) is 5.82 Å². The number of nitrogen functional groups attached to an aromatic ring is 1. The van der Waals surface area contributed by atoms with Gasteiger partial charge in [-0.25, -0.2) is 17.5 Å². The van der Waals surface area contributed by atoms with Gasteiger partial charge in [-0.3, -0.25) is 4.79 Å². The van der Waals surface area contributed by atoms with Gasteiger partial charge < -0.3 is 10.6 Å². The van der Waals surface area contributed by atoms with E-state index in [0.717, 1.165) is 12.3 Å². The lowest BCUT2D eigenvalue weighted by molar-refractivity contribution is 0.0703. The van der Waals surface area contributed by atoms with Crippen LogP contribution in [0.25, 0.3) is 0 Å². The fourth-order valence-electron chi connectivity index (χ4n) is 2.42. The fourth-order valence-corrected chi connectivity index (χ4v) is 3.22. The van der Waals surface area contributed by atoms with E-state index in [1.165, 1.54) is 12.1 Å². The number of likely N-dealkylation sites (tertiary alicyclic amines) is 1. The maximum Gasteiger partial charge on any atom is 0.253 e. The number of carbonyl (C=O) groups excluding carboxylic acids is 1. The van der Waals surface area contributed by atoms with Crippen LogP contribution in [0.5, 0.6) is 0 Å². The van der Waals surface area contributed by atoms with Crippen molar-refractivity contribution in [3.05, 3.63) is 29.6 Å². The van der Waals surface area contributed by atoms with Gasteiger partial charge in [-0.2, -0.15) is 0 Å². The van der Waals surface area contributed by atoms with Crippen molar-refractivity contribution in [2.75, 3.05) is 25.1 Å². The summed E-state index contributed by atoms with van der Waals surface area (Å²) in [5.41, 5.74) is 5.68. The highest BCUT2D eigenvalue weighted by atomic mass is 32.2. The molecule has 3 N–H and O–H groups in total. The van der Waals surface area contributed by atoms with E-state index < -0.39 is 15.8 Å². The normalized spacial score (nSPS) is 19.5. The summed E-state index contributed by atoms with van der Waals surface area (Å²) in [7, 11) is -3.31. The van der Waals surface area contributed by atoms with E-state index in [4.69, 9.17) is 5.73 Å². The van der Waals surface area contributed by atoms with Crippen molar-refractivity contribution in [1.29, 1.82) is 0 Å². The zero-order valence-electron chi connectivity index (χ0n) is 11.7. The molecule has 1 amide bonds. The second-order valence-electron chi connectivity index (χ2n) is 5.22. The molecule has 1 fully saturated rings. The molecular weight excluding hydrogens is 297 g/mol. The third-order valence-corrected chi connectivity index (χ3v) is 4.09. The average molecular weight is 315 g/mol. The quantitative estimate of drug-likeness (QED) is 0.797. The summed E-state index contributed by atoms with van der Waals surface area (Å²) in [6.07, 6.45) is 2.48. The summed E-state index contributed by atoms with van der Waals surface area (Å²) in [6, 6.07) is 3.53. The Morgan fingerprint density at radius 2 is 2.19 bits per heavy atom. The molecule has 0 saturated carbocycles. The smallest absolute Gasteiger partial charge is 0.253 e. The van der Waals surface area contributed by atoms with Gasteiger partial charge in [-0.15, -0.1) is 0 Å². The summed E-state index contributed by atoms with van der Waals surface area (Å²) < 4.78 is 38.1. The highest BCUT2D eigenvalue weighted by molar-refractivity contribution is 7.88. The van der Waals surface area contributed by atoms with Crippen LogP contribution in [0.15, 0.2) is 18.2 Å². The molecule has 2 rings (SSSR count). The molecular formula is C13H18FN3O3S. The largest absolute Gasteiger partial charge is 0.396 e. The molecule has 1 atom stereocenters. The molecule has 1 aromatic carbocycles. The molecule has 1 aliphatic heterocycles. The second kappa shape index (κ2) is 5.98. The number of amides is 1. The lowest BCUT2D eigenvalue weighted by Crippen LogP contribution is -2.49. The second-order valence-corrected chi connectivity index (χ2v) is 7.00. The topological polar surface area (TPSA) is 92.5 Å². The van der Waals surface area contributed by atoms with Gasteiger partial charge in [-0.05, 0) is 31.0 Å². The number of anilines is 1. The number of nitrogens with one attached hydrogen (secondary N) is 1. The number of carbonyl (C=O) groups is 1. The standard InChI is InChI=1S/C13H18FN3O3S/c1-21(19,20)16-10-3-2-6-17(8-10)13(18)9-4-5-11(14)12(15)7-9/h4-5,7,10,16H,2-3,6,8,15H2,1H3. The van der Waals surface area contributed by atoms with Crippen molar-refractivity contribution in [3.8, 4) is 0 Å². The molecule has 1 saturated heterocycles. The van der Waals surface area contributed by atoms with E-state index in [1.54, 1.807) is 4.90 Å². The number of rotatable bonds is 3. The Balaban J connectivity index is 2.10. The zero-order chi connectivity index (χ0) is 15.6. The van der Waals surface area contributed by atoms with Crippen LogP contribution in [-0.2, 0) is 10.0 Å². The summed E-state index contributed by atoms with van der Waals surface area (Å²) >= 11 is 0. The first-order chi connectivity index (χ1) is 9.76. The molecule has 0 aliphatic carbocycles. The number of nitrogens with zero attached hydrogens (tertiary/aromatic N) is 1. The van der Waals surface area contributed by atoms with E-state index in [0.29, 0.717) is 31.5 Å². The van der Waals surface area contributed by atoms with Crippen molar-refractivity contribution in [2.45, 2.75) is 18.9 Å². The number of benzene rings is 1. The van der Waals surface area contributed by atoms with Crippen molar-refractivity contribution in [3.63, 3.8) is 0 Å². The van der Waals surface area contributed by atoms with Gasteiger partial charge >= 0.3 is 0 Å². The molecule has 0 radical (unpaired) electrons. The van der Waals surface area contributed by atoms with Crippen LogP contribution in [0.4, 0.5) is 10.1 Å². The van der Waals surface area contributed by atoms with E-state index in [-0.39, 0.29) is 17.6 Å². The molecule has 1 aliphatic rings. The van der Waals surface area contributed by atoms with Crippen LogP contribution >= 0.6 is 0 Å². The number of piperidine rings is 1. The highest BCUT2D eigenvalue weighted by Gasteiger charge is 2.26. The van der Waals surface area contributed by atoms with Crippen LogP contribution in [0.1, 0.15) is 23.2 Å². The first-order valence-corrected chi connectivity index (χ1v) is 8.47. The molecule has 1 aromatic rings. The molecule has 0 aromatic heterocycles. The molecule has 0 spiro atoms. The molecule has 8 heteroatoms. The third kappa shape index (κ3) is 4.15. The van der Waals surface area contributed by atoms with Crippen molar-refractivity contribution >= 4 is 21.6 Å². The fraction of sp³-hybridized carbons (Fsp3) is 0.462. The number of nitrogens with two attached hydrogens (primary N) is 1. The SMILES string of the molecule is CS(=O)(=O)NC1CCCN(C(=O)c2ccc(F)c(N)c2)C1. The van der Waals surface area contributed by atoms with E-state index in [1.807, 2.05) is 0 Å². The van der Waals surface area contributed by atoms with Gasteiger partial charge in [0.25, 0.3) is 5.91 Å². The Morgan fingerprint density at radius 3 is 2.81 bits per heavy atom. The Labute approximate surface area is 123 Å². The number of halogens is 1. The summed E-state index contributed by atoms with van der Waals surface area (Å²) in [5, 5.41) is 0. The summed E-state index contributed by atoms with van der Waals surface area (Å²) in [6.45, 7) is 0.835. The monoisotopic (exact) mass is 315 g/mol. The summed E-state index contributed by atoms with van der Waals surface area (Å²) in [4.78, 5) is 13.9. The maximum absolute atomic E-state index is 13.1. The maximum atomic E-state index is 13.1. The molecule has 21 heavy (non-hydrogen) atoms. The third-order valence-electron chi connectivity index (χ3n) is 3.33. The predicted molar refractivity (Wildman–Crippen MR) is 77.7 cm³/mol. The van der Waals surface area contributed by atoms with Gasteiger partial charge in [-0.1, -0.05) is 0 Å². The van der Waals surface area contributed by atoms with Crippen molar-refractivity contribution in [2.24, 2.45) is 0 Å². The lowest BCUT2D eigenvalue weighted by atomic mass is 10.1. The lowest BCUT2D eigenvalue weighted by Gasteiger charge is -2.32. The predicted octanol–water partition coefficient (Wildman–Crippen LogP) is 0.562. The average Bonchev–Trinajstić information content (AvgIpc) is 2.39. The molecule has 0 bridgehead atoms. The summed E-state index contributed by atoms with van der Waals surface area (Å²) in [5.74, 6) is -0.844. The number of hydrogen-bond acceptors (Lipinski definition) is 4.